The van der Waals surface area contributed by atoms with E-state index in [2.05, 4.69) is 5.32 Å². The Morgan fingerprint density at radius 2 is 1.89 bits per heavy atom. The van der Waals surface area contributed by atoms with E-state index >= 15 is 0 Å². The molecule has 5 nitrogen and oxygen atoms in total. The second-order valence-corrected chi connectivity index (χ2v) is 3.97. The maximum Gasteiger partial charge on any atom is 0.216 e. The van der Waals surface area contributed by atoms with Crippen molar-refractivity contribution in [3.63, 3.8) is 0 Å². The summed E-state index contributed by atoms with van der Waals surface area (Å²) in [7, 11) is 0. The van der Waals surface area contributed by atoms with Crippen molar-refractivity contribution >= 4 is 12.2 Å². The van der Waals surface area contributed by atoms with Crippen molar-refractivity contribution in [3.05, 3.63) is 34.9 Å². The van der Waals surface area contributed by atoms with Crippen molar-refractivity contribution in [2.45, 2.75) is 19.1 Å². The van der Waals surface area contributed by atoms with E-state index in [1.165, 1.54) is 6.92 Å². The van der Waals surface area contributed by atoms with Crippen LogP contribution >= 0.6 is 0 Å². The van der Waals surface area contributed by atoms with E-state index < -0.39 is 35.3 Å². The lowest BCUT2D eigenvalue weighted by Crippen LogP contribution is -2.34. The van der Waals surface area contributed by atoms with Crippen LogP contribution in [0.15, 0.2) is 12.1 Å². The molecule has 2 atom stereocenters. The summed E-state index contributed by atoms with van der Waals surface area (Å²) in [5, 5.41) is 21.5. The van der Waals surface area contributed by atoms with Crippen LogP contribution in [0.4, 0.5) is 8.78 Å². The smallest absolute Gasteiger partial charge is 0.216 e. The van der Waals surface area contributed by atoms with Gasteiger partial charge in [-0.3, -0.25) is 9.59 Å². The molecular weight excluding hydrogens is 260 g/mol. The Bertz CT molecular complexity index is 470. The third-order valence-electron chi connectivity index (χ3n) is 2.49. The van der Waals surface area contributed by atoms with Gasteiger partial charge >= 0.3 is 0 Å². The van der Waals surface area contributed by atoms with Gasteiger partial charge in [0.1, 0.15) is 23.8 Å². The SMILES string of the molecule is CC(=O)NCC(O)C(O)c1cc(F)c(C=O)c(F)c1. The highest BCUT2D eigenvalue weighted by molar-refractivity contribution is 5.75. The summed E-state index contributed by atoms with van der Waals surface area (Å²) in [5.74, 6) is -2.67. The molecule has 0 saturated heterocycles. The van der Waals surface area contributed by atoms with Gasteiger partial charge in [-0.05, 0) is 17.7 Å². The van der Waals surface area contributed by atoms with Crippen LogP contribution in [0.25, 0.3) is 0 Å². The van der Waals surface area contributed by atoms with Gasteiger partial charge < -0.3 is 15.5 Å². The topological polar surface area (TPSA) is 86.6 Å². The molecule has 0 aromatic heterocycles. The van der Waals surface area contributed by atoms with Crippen LogP contribution in [0.1, 0.15) is 28.9 Å². The average molecular weight is 273 g/mol. The number of carbonyl (C=O) groups is 2. The zero-order chi connectivity index (χ0) is 14.6. The number of carbonyl (C=O) groups excluding carboxylic acids is 2. The number of benzene rings is 1. The van der Waals surface area contributed by atoms with Crippen LogP contribution < -0.4 is 5.32 Å². The summed E-state index contributed by atoms with van der Waals surface area (Å²) in [6, 6.07) is 1.52. The third-order valence-corrected chi connectivity index (χ3v) is 2.49. The number of aldehydes is 1. The maximum atomic E-state index is 13.3. The average Bonchev–Trinajstić information content (AvgIpc) is 2.34. The lowest BCUT2D eigenvalue weighted by atomic mass is 10.0. The summed E-state index contributed by atoms with van der Waals surface area (Å²) in [4.78, 5) is 21.0. The van der Waals surface area contributed by atoms with Crippen molar-refractivity contribution in [2.24, 2.45) is 0 Å². The van der Waals surface area contributed by atoms with Crippen molar-refractivity contribution < 1.29 is 28.6 Å². The second kappa shape index (κ2) is 6.35. The maximum absolute atomic E-state index is 13.3. The number of hydrogen-bond donors (Lipinski definition) is 3. The Morgan fingerprint density at radius 1 is 1.37 bits per heavy atom. The number of aliphatic hydroxyl groups is 2. The van der Waals surface area contributed by atoms with E-state index in [1.54, 1.807) is 0 Å². The molecule has 0 aliphatic rings. The zero-order valence-corrected chi connectivity index (χ0v) is 10.1. The van der Waals surface area contributed by atoms with Crippen LogP contribution in [0, 0.1) is 11.6 Å². The fraction of sp³-hybridized carbons (Fsp3) is 0.333. The highest BCUT2D eigenvalue weighted by Crippen LogP contribution is 2.21. The molecule has 0 spiro atoms. The normalized spacial score (nSPS) is 13.7. The number of hydrogen-bond acceptors (Lipinski definition) is 4. The Hall–Kier alpha value is -1.86. The second-order valence-electron chi connectivity index (χ2n) is 3.97. The standard InChI is InChI=1S/C12H13F2NO4/c1-6(17)15-4-11(18)12(19)7-2-9(13)8(5-16)10(14)3-7/h2-3,5,11-12,18-19H,4H2,1H3,(H,15,17). The van der Waals surface area contributed by atoms with E-state index in [0.717, 1.165) is 12.1 Å². The molecule has 0 bridgehead atoms. The van der Waals surface area contributed by atoms with E-state index in [4.69, 9.17) is 0 Å². The van der Waals surface area contributed by atoms with Crippen LogP contribution in [0.3, 0.4) is 0 Å². The minimum absolute atomic E-state index is 0.0224. The predicted molar refractivity (Wildman–Crippen MR) is 61.4 cm³/mol. The molecule has 0 aliphatic carbocycles. The first kappa shape index (κ1) is 15.2. The van der Waals surface area contributed by atoms with E-state index in [-0.39, 0.29) is 18.4 Å². The molecule has 0 radical (unpaired) electrons. The highest BCUT2D eigenvalue weighted by atomic mass is 19.1. The molecule has 0 aliphatic heterocycles. The fourth-order valence-electron chi connectivity index (χ4n) is 1.47. The van der Waals surface area contributed by atoms with Crippen LogP contribution in [0.2, 0.25) is 0 Å². The van der Waals surface area contributed by atoms with Gasteiger partial charge in [-0.25, -0.2) is 8.78 Å². The number of halogens is 2. The van der Waals surface area contributed by atoms with Gasteiger partial charge in [0.2, 0.25) is 5.91 Å². The number of nitrogens with one attached hydrogen (secondary N) is 1. The number of aliphatic hydroxyl groups excluding tert-OH is 2. The molecule has 2 unspecified atom stereocenters. The molecule has 3 N–H and O–H groups in total. The predicted octanol–water partition coefficient (Wildman–Crippen LogP) is 0.308. The van der Waals surface area contributed by atoms with Gasteiger partial charge in [0.05, 0.1) is 5.56 Å². The van der Waals surface area contributed by atoms with Crippen LogP contribution in [-0.2, 0) is 4.79 Å². The minimum atomic E-state index is -1.59. The van der Waals surface area contributed by atoms with E-state index in [1.807, 2.05) is 0 Å². The Labute approximate surface area is 107 Å². The quantitative estimate of drug-likeness (QED) is 0.674. The minimum Gasteiger partial charge on any atom is -0.388 e. The Morgan fingerprint density at radius 3 is 2.32 bits per heavy atom. The van der Waals surface area contributed by atoms with E-state index in [9.17, 15) is 28.6 Å². The molecule has 0 saturated carbocycles. The highest BCUT2D eigenvalue weighted by Gasteiger charge is 2.21. The van der Waals surface area contributed by atoms with Gasteiger partial charge in [-0.2, -0.15) is 0 Å². The van der Waals surface area contributed by atoms with Gasteiger partial charge in [0.25, 0.3) is 0 Å². The molecule has 104 valence electrons. The molecule has 1 aromatic carbocycles. The van der Waals surface area contributed by atoms with Crippen molar-refractivity contribution in [2.75, 3.05) is 6.54 Å². The molecule has 1 amide bonds. The third kappa shape index (κ3) is 3.80. The molecular formula is C12H13F2NO4. The number of rotatable bonds is 5. The first-order valence-electron chi connectivity index (χ1n) is 5.41. The van der Waals surface area contributed by atoms with Crippen molar-refractivity contribution in [1.82, 2.24) is 5.32 Å². The summed E-state index contributed by atoms with van der Waals surface area (Å²) in [6.07, 6.45) is -2.99. The van der Waals surface area contributed by atoms with Gasteiger partial charge in [-0.15, -0.1) is 0 Å². The van der Waals surface area contributed by atoms with Crippen LogP contribution in [-0.4, -0.2) is 35.1 Å². The summed E-state index contributed by atoms with van der Waals surface area (Å²) in [6.45, 7) is 0.951. The lowest BCUT2D eigenvalue weighted by molar-refractivity contribution is -0.119. The molecule has 0 heterocycles. The summed E-state index contributed by atoms with van der Waals surface area (Å²) >= 11 is 0. The van der Waals surface area contributed by atoms with Crippen molar-refractivity contribution in [1.29, 1.82) is 0 Å². The van der Waals surface area contributed by atoms with Gasteiger partial charge in [0, 0.05) is 13.5 Å². The fourth-order valence-corrected chi connectivity index (χ4v) is 1.47. The van der Waals surface area contributed by atoms with Gasteiger partial charge in [0.15, 0.2) is 6.29 Å². The van der Waals surface area contributed by atoms with Crippen LogP contribution in [0.5, 0.6) is 0 Å². The van der Waals surface area contributed by atoms with Crippen molar-refractivity contribution in [3.8, 4) is 0 Å². The Balaban J connectivity index is 2.90. The molecule has 19 heavy (non-hydrogen) atoms. The molecule has 1 rings (SSSR count). The molecule has 7 heteroatoms. The first-order chi connectivity index (χ1) is 8.86. The summed E-state index contributed by atoms with van der Waals surface area (Å²) in [5.41, 5.74) is -0.967. The monoisotopic (exact) mass is 273 g/mol. The molecule has 0 fully saturated rings. The van der Waals surface area contributed by atoms with Gasteiger partial charge in [-0.1, -0.05) is 0 Å². The zero-order valence-electron chi connectivity index (χ0n) is 10.1. The largest absolute Gasteiger partial charge is 0.388 e. The van der Waals surface area contributed by atoms with E-state index in [0.29, 0.717) is 0 Å². The Kier molecular flexibility index (Phi) is 5.08. The number of amides is 1. The summed E-state index contributed by atoms with van der Waals surface area (Å²) < 4.78 is 26.6. The lowest BCUT2D eigenvalue weighted by Gasteiger charge is -2.18. The molecule has 1 aromatic rings. The first-order valence-corrected chi connectivity index (χ1v) is 5.41.